The summed E-state index contributed by atoms with van der Waals surface area (Å²) in [5.74, 6) is 0. The molecule has 1 saturated heterocycles. The van der Waals surface area contributed by atoms with E-state index in [2.05, 4.69) is 15.1 Å². The summed E-state index contributed by atoms with van der Waals surface area (Å²) in [6.45, 7) is 1.03. The standard InChI is InChI=1S/C9H17N5O2S2/c1-13(2)7-4-3-5-14(6-7)18(15,16)9-12-11-8(10)17-9/h7H,3-6H2,1-2H3,(H2,10,11). The molecule has 0 radical (unpaired) electrons. The molecule has 0 spiro atoms. The smallest absolute Gasteiger partial charge is 0.272 e. The molecule has 1 unspecified atom stereocenters. The fourth-order valence-electron chi connectivity index (χ4n) is 2.00. The van der Waals surface area contributed by atoms with Gasteiger partial charge in [-0.2, -0.15) is 4.31 Å². The van der Waals surface area contributed by atoms with Crippen LogP contribution in [0.25, 0.3) is 0 Å². The maximum absolute atomic E-state index is 12.3. The van der Waals surface area contributed by atoms with Crippen LogP contribution in [0.1, 0.15) is 12.8 Å². The second kappa shape index (κ2) is 5.08. The lowest BCUT2D eigenvalue weighted by molar-refractivity contribution is 0.190. The minimum atomic E-state index is -3.54. The van der Waals surface area contributed by atoms with Crippen molar-refractivity contribution in [2.75, 3.05) is 32.9 Å². The van der Waals surface area contributed by atoms with Gasteiger partial charge >= 0.3 is 0 Å². The van der Waals surface area contributed by atoms with Gasteiger partial charge in [-0.25, -0.2) is 8.42 Å². The summed E-state index contributed by atoms with van der Waals surface area (Å²) >= 11 is 0.910. The van der Waals surface area contributed by atoms with Crippen molar-refractivity contribution in [1.29, 1.82) is 0 Å². The molecule has 1 atom stereocenters. The number of rotatable bonds is 3. The molecule has 0 amide bonds. The highest BCUT2D eigenvalue weighted by Gasteiger charge is 2.33. The van der Waals surface area contributed by atoms with E-state index in [9.17, 15) is 8.42 Å². The van der Waals surface area contributed by atoms with Crippen LogP contribution in [0.15, 0.2) is 4.34 Å². The molecular formula is C9H17N5O2S2. The third-order valence-electron chi connectivity index (χ3n) is 3.07. The number of aromatic nitrogens is 2. The minimum Gasteiger partial charge on any atom is -0.374 e. The van der Waals surface area contributed by atoms with Gasteiger partial charge in [-0.3, -0.25) is 0 Å². The summed E-state index contributed by atoms with van der Waals surface area (Å²) in [4.78, 5) is 2.05. The number of sulfonamides is 1. The van der Waals surface area contributed by atoms with E-state index >= 15 is 0 Å². The van der Waals surface area contributed by atoms with E-state index in [1.165, 1.54) is 4.31 Å². The highest BCUT2D eigenvalue weighted by molar-refractivity contribution is 7.91. The predicted octanol–water partition coefficient (Wildman–Crippen LogP) is -0.165. The molecule has 0 bridgehead atoms. The quantitative estimate of drug-likeness (QED) is 0.831. The zero-order chi connectivity index (χ0) is 13.3. The number of hydrogen-bond acceptors (Lipinski definition) is 7. The zero-order valence-corrected chi connectivity index (χ0v) is 12.0. The van der Waals surface area contributed by atoms with Gasteiger partial charge < -0.3 is 10.6 Å². The van der Waals surface area contributed by atoms with Crippen molar-refractivity contribution < 1.29 is 8.42 Å². The summed E-state index contributed by atoms with van der Waals surface area (Å²) in [7, 11) is 0.388. The van der Waals surface area contributed by atoms with E-state index < -0.39 is 10.0 Å². The molecule has 0 aliphatic carbocycles. The normalized spacial score (nSPS) is 22.5. The number of piperidine rings is 1. The molecule has 18 heavy (non-hydrogen) atoms. The summed E-state index contributed by atoms with van der Waals surface area (Å²) in [5, 5.41) is 7.37. The number of nitrogen functional groups attached to an aromatic ring is 1. The highest BCUT2D eigenvalue weighted by Crippen LogP contribution is 2.25. The van der Waals surface area contributed by atoms with E-state index in [4.69, 9.17) is 5.73 Å². The fraction of sp³-hybridized carbons (Fsp3) is 0.778. The molecule has 2 rings (SSSR count). The molecule has 1 aromatic heterocycles. The van der Waals surface area contributed by atoms with Crippen LogP contribution < -0.4 is 5.73 Å². The van der Waals surface area contributed by atoms with Crippen molar-refractivity contribution in [3.05, 3.63) is 0 Å². The molecule has 102 valence electrons. The third-order valence-corrected chi connectivity index (χ3v) is 6.04. The number of anilines is 1. The average Bonchev–Trinajstić information content (AvgIpc) is 2.77. The number of nitrogens with zero attached hydrogens (tertiary/aromatic N) is 4. The molecule has 2 N–H and O–H groups in total. The Bertz CT molecular complexity index is 513. The van der Waals surface area contributed by atoms with Crippen molar-refractivity contribution in [3.63, 3.8) is 0 Å². The van der Waals surface area contributed by atoms with E-state index in [0.717, 1.165) is 24.2 Å². The van der Waals surface area contributed by atoms with E-state index in [-0.39, 0.29) is 15.5 Å². The first-order valence-electron chi connectivity index (χ1n) is 5.67. The van der Waals surface area contributed by atoms with Crippen LogP contribution in [0.5, 0.6) is 0 Å². The van der Waals surface area contributed by atoms with Gasteiger partial charge in [0.2, 0.25) is 9.47 Å². The Balaban J connectivity index is 2.20. The van der Waals surface area contributed by atoms with Gasteiger partial charge in [0.15, 0.2) is 0 Å². The summed E-state index contributed by atoms with van der Waals surface area (Å²) in [5.41, 5.74) is 5.43. The highest BCUT2D eigenvalue weighted by atomic mass is 32.2. The lowest BCUT2D eigenvalue weighted by Crippen LogP contribution is -2.47. The maximum Gasteiger partial charge on any atom is 0.272 e. The van der Waals surface area contributed by atoms with Crippen molar-refractivity contribution in [2.24, 2.45) is 0 Å². The van der Waals surface area contributed by atoms with Crippen LogP contribution in [-0.4, -0.2) is 61.0 Å². The van der Waals surface area contributed by atoms with Gasteiger partial charge in [-0.15, -0.1) is 10.2 Å². The maximum atomic E-state index is 12.3. The Morgan fingerprint density at radius 1 is 1.44 bits per heavy atom. The molecular weight excluding hydrogens is 274 g/mol. The van der Waals surface area contributed by atoms with Crippen LogP contribution in [0, 0.1) is 0 Å². The average molecular weight is 291 g/mol. The summed E-state index contributed by atoms with van der Waals surface area (Å²) < 4.78 is 26.1. The van der Waals surface area contributed by atoms with E-state index in [1.807, 2.05) is 14.1 Å². The Kier molecular flexibility index (Phi) is 3.85. The van der Waals surface area contributed by atoms with Crippen molar-refractivity contribution >= 4 is 26.5 Å². The molecule has 1 aromatic rings. The monoisotopic (exact) mass is 291 g/mol. The van der Waals surface area contributed by atoms with Crippen LogP contribution in [-0.2, 0) is 10.0 Å². The van der Waals surface area contributed by atoms with Crippen LogP contribution in [0.3, 0.4) is 0 Å². The second-order valence-electron chi connectivity index (χ2n) is 4.53. The van der Waals surface area contributed by atoms with Gasteiger partial charge in [0.05, 0.1) is 0 Å². The number of hydrogen-bond donors (Lipinski definition) is 1. The largest absolute Gasteiger partial charge is 0.374 e. The van der Waals surface area contributed by atoms with Gasteiger partial charge in [-0.1, -0.05) is 11.3 Å². The Morgan fingerprint density at radius 3 is 2.72 bits per heavy atom. The predicted molar refractivity (Wildman–Crippen MR) is 69.8 cm³/mol. The van der Waals surface area contributed by atoms with Gasteiger partial charge in [-0.05, 0) is 26.9 Å². The molecule has 9 heteroatoms. The molecule has 2 heterocycles. The Hall–Kier alpha value is -0.770. The molecule has 1 fully saturated rings. The van der Waals surface area contributed by atoms with Gasteiger partial charge in [0, 0.05) is 19.1 Å². The summed E-state index contributed by atoms with van der Waals surface area (Å²) in [6.07, 6.45) is 1.87. The first-order chi connectivity index (χ1) is 8.41. The SMILES string of the molecule is CN(C)C1CCCN(S(=O)(=O)c2nnc(N)s2)C1. The van der Waals surface area contributed by atoms with Gasteiger partial charge in [0.1, 0.15) is 0 Å². The summed E-state index contributed by atoms with van der Waals surface area (Å²) in [6, 6.07) is 0.249. The topological polar surface area (TPSA) is 92.4 Å². The van der Waals surface area contributed by atoms with Crippen LogP contribution in [0.2, 0.25) is 0 Å². The molecule has 1 aliphatic rings. The van der Waals surface area contributed by atoms with Crippen molar-refractivity contribution in [1.82, 2.24) is 19.4 Å². The second-order valence-corrected chi connectivity index (χ2v) is 7.65. The van der Waals surface area contributed by atoms with Crippen LogP contribution >= 0.6 is 11.3 Å². The molecule has 0 aromatic carbocycles. The minimum absolute atomic E-state index is 0.0144. The van der Waals surface area contributed by atoms with Crippen LogP contribution in [0.4, 0.5) is 5.13 Å². The van der Waals surface area contributed by atoms with Crippen molar-refractivity contribution in [3.8, 4) is 0 Å². The zero-order valence-electron chi connectivity index (χ0n) is 10.4. The Labute approximate surface area is 111 Å². The van der Waals surface area contributed by atoms with Gasteiger partial charge in [0.25, 0.3) is 10.0 Å². The number of nitrogens with two attached hydrogens (primary N) is 1. The number of likely N-dealkylation sites (N-methyl/N-ethyl adjacent to an activating group) is 1. The van der Waals surface area contributed by atoms with E-state index in [1.54, 1.807) is 0 Å². The van der Waals surface area contributed by atoms with Crippen molar-refractivity contribution in [2.45, 2.75) is 23.2 Å². The fourth-order valence-corrected chi connectivity index (χ4v) is 4.43. The molecule has 7 nitrogen and oxygen atoms in total. The Morgan fingerprint density at radius 2 is 2.17 bits per heavy atom. The molecule has 1 aliphatic heterocycles. The lowest BCUT2D eigenvalue weighted by atomic mass is 10.1. The lowest BCUT2D eigenvalue weighted by Gasteiger charge is -2.34. The molecule has 0 saturated carbocycles. The first-order valence-corrected chi connectivity index (χ1v) is 7.92. The first kappa shape index (κ1) is 13.7. The van der Waals surface area contributed by atoms with E-state index in [0.29, 0.717) is 13.1 Å². The third kappa shape index (κ3) is 2.63.